The summed E-state index contributed by atoms with van der Waals surface area (Å²) in [4.78, 5) is 17.9. The van der Waals surface area contributed by atoms with Gasteiger partial charge in [0.25, 0.3) is 0 Å². The van der Waals surface area contributed by atoms with Gasteiger partial charge in [-0.25, -0.2) is 0 Å². The van der Waals surface area contributed by atoms with E-state index in [9.17, 15) is 0 Å². The molecule has 1 aliphatic rings. The SMILES string of the molecule is CCCCCCCCCCCCCC[C@@H](OCc1ccc(OC)cc1)[C@@H](OCc1ccc(OC)cc1)[C@H](CO[C@H]1O[C@H](COCc2ccccc2)[C@H](OCc2ccccc2)[C@H](OCc2ccccc2)[C@H]1OCc1ccccc1)NC(=O)CCCCCCCCCCCN(CCCCCCC)CCCCCCC. The highest BCUT2D eigenvalue weighted by atomic mass is 16.7. The van der Waals surface area contributed by atoms with Crippen molar-refractivity contribution >= 4 is 5.91 Å². The van der Waals surface area contributed by atoms with E-state index >= 15 is 4.79 Å². The van der Waals surface area contributed by atoms with Crippen LogP contribution in [0.5, 0.6) is 11.5 Å². The van der Waals surface area contributed by atoms with Gasteiger partial charge in [-0.05, 0) is 109 Å². The molecule has 0 aromatic heterocycles. The Morgan fingerprint density at radius 2 is 0.748 bits per heavy atom. The number of methoxy groups -OCH3 is 2. The van der Waals surface area contributed by atoms with Crippen molar-refractivity contribution in [3.05, 3.63) is 203 Å². The molecule has 1 aliphatic heterocycles. The molecular weight excluding hydrogens is 1330 g/mol. The number of rotatable bonds is 64. The van der Waals surface area contributed by atoms with Crippen molar-refractivity contribution in [2.45, 2.75) is 321 Å². The van der Waals surface area contributed by atoms with Gasteiger partial charge in [0.15, 0.2) is 6.29 Å². The quantitative estimate of drug-likeness (QED) is 0.0366. The summed E-state index contributed by atoms with van der Waals surface area (Å²) in [6.07, 6.45) is 34.6. The number of carbonyl (C=O) groups excluding carboxylic acids is 1. The van der Waals surface area contributed by atoms with Crippen molar-refractivity contribution in [2.75, 3.05) is 47.1 Å². The molecule has 107 heavy (non-hydrogen) atoms. The summed E-state index contributed by atoms with van der Waals surface area (Å²) in [5.74, 6) is 1.48. The van der Waals surface area contributed by atoms with Gasteiger partial charge in [0.2, 0.25) is 5.91 Å². The van der Waals surface area contributed by atoms with Crippen LogP contribution >= 0.6 is 0 Å². The number of hydrogen-bond acceptors (Lipinski definition) is 12. The van der Waals surface area contributed by atoms with Crippen LogP contribution in [0.25, 0.3) is 0 Å². The highest BCUT2D eigenvalue weighted by Crippen LogP contribution is 2.33. The maximum atomic E-state index is 15.1. The summed E-state index contributed by atoms with van der Waals surface area (Å²) < 4.78 is 68.6. The van der Waals surface area contributed by atoms with Crippen LogP contribution in [0.2, 0.25) is 0 Å². The van der Waals surface area contributed by atoms with Crippen molar-refractivity contribution in [1.29, 1.82) is 0 Å². The van der Waals surface area contributed by atoms with Crippen LogP contribution in [0.15, 0.2) is 170 Å². The van der Waals surface area contributed by atoms with E-state index in [4.69, 9.17) is 47.4 Å². The molecule has 13 nitrogen and oxygen atoms in total. The zero-order chi connectivity index (χ0) is 75.1. The Morgan fingerprint density at radius 3 is 1.18 bits per heavy atom. The van der Waals surface area contributed by atoms with Crippen LogP contribution < -0.4 is 14.8 Å². The number of ether oxygens (including phenoxy) is 10. The van der Waals surface area contributed by atoms with Gasteiger partial charge in [0, 0.05) is 6.42 Å². The largest absolute Gasteiger partial charge is 0.497 e. The van der Waals surface area contributed by atoms with Crippen molar-refractivity contribution in [3.63, 3.8) is 0 Å². The number of carbonyl (C=O) groups is 1. The van der Waals surface area contributed by atoms with E-state index in [1.165, 1.54) is 180 Å². The van der Waals surface area contributed by atoms with E-state index in [-0.39, 0.29) is 38.9 Å². The van der Waals surface area contributed by atoms with Crippen LogP contribution in [-0.2, 0) is 82.3 Å². The molecule has 13 heteroatoms. The molecule has 0 radical (unpaired) electrons. The highest BCUT2D eigenvalue weighted by Gasteiger charge is 2.50. The molecule has 0 bridgehead atoms. The number of benzene rings is 6. The van der Waals surface area contributed by atoms with Gasteiger partial charge in [-0.3, -0.25) is 4.79 Å². The molecule has 1 saturated heterocycles. The summed E-state index contributed by atoms with van der Waals surface area (Å²) in [5.41, 5.74) is 5.99. The Kier molecular flexibility index (Phi) is 47.1. The average Bonchev–Trinajstić information content (AvgIpc) is 0.785. The third kappa shape index (κ3) is 37.5. The summed E-state index contributed by atoms with van der Waals surface area (Å²) >= 11 is 0. The number of amides is 1. The van der Waals surface area contributed by atoms with Gasteiger partial charge < -0.3 is 57.6 Å². The molecule has 6 aromatic rings. The first-order valence-corrected chi connectivity index (χ1v) is 42.2. The normalized spacial score (nSPS) is 16.7. The smallest absolute Gasteiger partial charge is 0.220 e. The van der Waals surface area contributed by atoms with E-state index in [1.54, 1.807) is 14.2 Å². The van der Waals surface area contributed by atoms with E-state index < -0.39 is 49.0 Å². The van der Waals surface area contributed by atoms with Crippen LogP contribution in [0.1, 0.15) is 266 Å². The fourth-order valence-corrected chi connectivity index (χ4v) is 14.5. The number of unbranched alkanes of at least 4 members (excludes halogenated alkanes) is 27. The number of nitrogens with zero attached hydrogens (tertiary/aromatic N) is 1. The minimum atomic E-state index is -1.04. The third-order valence-electron chi connectivity index (χ3n) is 21.0. The first-order valence-electron chi connectivity index (χ1n) is 42.2. The topological polar surface area (TPSA) is 125 Å². The van der Waals surface area contributed by atoms with Crippen molar-refractivity contribution in [3.8, 4) is 11.5 Å². The van der Waals surface area contributed by atoms with Crippen LogP contribution in [0.3, 0.4) is 0 Å². The molecule has 0 unspecified atom stereocenters. The summed E-state index contributed by atoms with van der Waals surface area (Å²) in [7, 11) is 3.37. The van der Waals surface area contributed by atoms with E-state index in [1.807, 2.05) is 109 Å². The van der Waals surface area contributed by atoms with Gasteiger partial charge in [0.1, 0.15) is 42.0 Å². The molecule has 0 aliphatic carbocycles. The monoisotopic (exact) mass is 1470 g/mol. The minimum absolute atomic E-state index is 0.00954. The lowest BCUT2D eigenvalue weighted by molar-refractivity contribution is -0.330. The molecule has 1 heterocycles. The van der Waals surface area contributed by atoms with Gasteiger partial charge in [-0.15, -0.1) is 0 Å². The highest BCUT2D eigenvalue weighted by molar-refractivity contribution is 5.76. The van der Waals surface area contributed by atoms with Gasteiger partial charge in [-0.1, -0.05) is 340 Å². The summed E-state index contributed by atoms with van der Waals surface area (Å²) in [6.45, 7) is 12.5. The molecule has 1 N–H and O–H groups in total. The van der Waals surface area contributed by atoms with Gasteiger partial charge in [0.05, 0.1) is 79.2 Å². The maximum absolute atomic E-state index is 15.1. The lowest BCUT2D eigenvalue weighted by atomic mass is 9.97. The predicted octanol–water partition coefficient (Wildman–Crippen LogP) is 22.6. The molecule has 7 rings (SSSR count). The van der Waals surface area contributed by atoms with Crippen molar-refractivity contribution < 1.29 is 52.2 Å². The lowest BCUT2D eigenvalue weighted by Gasteiger charge is -2.46. The second-order valence-corrected chi connectivity index (χ2v) is 29.9. The van der Waals surface area contributed by atoms with Crippen molar-refractivity contribution in [2.24, 2.45) is 0 Å². The Bertz CT molecular complexity index is 3040. The lowest BCUT2D eigenvalue weighted by Crippen LogP contribution is -2.62. The molecule has 592 valence electrons. The van der Waals surface area contributed by atoms with E-state index in [2.05, 4.69) is 91.7 Å². The Morgan fingerprint density at radius 1 is 0.383 bits per heavy atom. The molecule has 1 amide bonds. The number of nitrogens with one attached hydrogen (secondary N) is 1. The molecular formula is C94H140N2O11. The molecule has 1 fully saturated rings. The summed E-state index contributed by atoms with van der Waals surface area (Å²) in [5, 5.41) is 3.58. The first kappa shape index (κ1) is 88.2. The second-order valence-electron chi connectivity index (χ2n) is 29.9. The minimum Gasteiger partial charge on any atom is -0.497 e. The van der Waals surface area contributed by atoms with Crippen LogP contribution in [0, 0.1) is 0 Å². The average molecular weight is 1470 g/mol. The molecule has 0 saturated carbocycles. The molecule has 6 aromatic carbocycles. The van der Waals surface area contributed by atoms with Crippen LogP contribution in [-0.4, -0.2) is 107 Å². The zero-order valence-corrected chi connectivity index (χ0v) is 66.8. The Hall–Kier alpha value is -5.97. The summed E-state index contributed by atoms with van der Waals surface area (Å²) in [6, 6.07) is 56.1. The Labute approximate surface area is 647 Å². The zero-order valence-electron chi connectivity index (χ0n) is 66.8. The van der Waals surface area contributed by atoms with Gasteiger partial charge >= 0.3 is 0 Å². The predicted molar refractivity (Wildman–Crippen MR) is 437 cm³/mol. The second kappa shape index (κ2) is 57.1. The van der Waals surface area contributed by atoms with Crippen molar-refractivity contribution in [1.82, 2.24) is 10.2 Å². The van der Waals surface area contributed by atoms with Gasteiger partial charge in [-0.2, -0.15) is 0 Å². The first-order chi connectivity index (χ1) is 52.9. The molecule has 0 spiro atoms. The van der Waals surface area contributed by atoms with E-state index in [0.717, 1.165) is 83.4 Å². The molecule has 8 atom stereocenters. The Balaban J connectivity index is 1.15. The third-order valence-corrected chi connectivity index (χ3v) is 21.0. The number of hydrogen-bond donors (Lipinski definition) is 1. The maximum Gasteiger partial charge on any atom is 0.220 e. The van der Waals surface area contributed by atoms with Crippen LogP contribution in [0.4, 0.5) is 0 Å². The standard InChI is InChI=1S/C94H140N2O11/c1-6-9-12-15-16-17-18-19-21-24-27-44-57-87(101-71-82-59-63-84(98-4)64-60-82)90(102-75-83-61-65-85(99-5)66-62-83)86(95-89(97)58-45-28-25-22-20-23-26-31-48-69-96(67-46-29-13-10-7-2)68-47-30-14-11-8-3)76-106-94-93(105-74-81-55-42-35-43-56-81)92(104-73-80-53-40-34-41-54-80)91(103-72-79-51-38-33-39-52-79)88(107-94)77-100-70-78-49-36-32-37-50-78/h32-43,49-56,59-66,86-88,90-94H,6-31,44-48,57-58,67-77H2,1-5H3,(H,95,97)/t86-,87+,88+,90-,91-,92-,93+,94-/m0/s1. The van der Waals surface area contributed by atoms with E-state index in [0.29, 0.717) is 32.7 Å². The fourth-order valence-electron chi connectivity index (χ4n) is 14.5. The fraction of sp³-hybridized carbons (Fsp3) is 0.606.